The van der Waals surface area contributed by atoms with Crippen LogP contribution in [0.5, 0.6) is 17.4 Å². The second-order valence-corrected chi connectivity index (χ2v) is 6.72. The van der Waals surface area contributed by atoms with Crippen molar-refractivity contribution in [1.29, 1.82) is 0 Å². The SMILES string of the molecule is COc1ccc(-c2cn(-c3ccc(OC)cc3)nc2OCCCN(C)C)cc1. The largest absolute Gasteiger partial charge is 0.497 e. The Bertz CT molecular complexity index is 871. The quantitative estimate of drug-likeness (QED) is 0.527. The Hall–Kier alpha value is -2.99. The fourth-order valence-electron chi connectivity index (χ4n) is 2.85. The van der Waals surface area contributed by atoms with Gasteiger partial charge in [0.15, 0.2) is 0 Å². The first-order valence-electron chi connectivity index (χ1n) is 9.27. The van der Waals surface area contributed by atoms with Gasteiger partial charge in [0.1, 0.15) is 11.5 Å². The Labute approximate surface area is 166 Å². The van der Waals surface area contributed by atoms with Crippen molar-refractivity contribution in [2.24, 2.45) is 0 Å². The molecule has 0 aliphatic rings. The van der Waals surface area contributed by atoms with Crippen LogP contribution in [0.3, 0.4) is 0 Å². The molecule has 0 fully saturated rings. The molecule has 0 radical (unpaired) electrons. The van der Waals surface area contributed by atoms with E-state index in [0.29, 0.717) is 12.5 Å². The standard InChI is InChI=1S/C22H27N3O3/c1-24(2)14-5-15-28-22-21(17-6-10-19(26-3)11-7-17)16-25(23-22)18-8-12-20(27-4)13-9-18/h6-13,16H,5,14-15H2,1-4H3. The monoisotopic (exact) mass is 381 g/mol. The normalized spacial score (nSPS) is 10.9. The van der Waals surface area contributed by atoms with Gasteiger partial charge in [-0.3, -0.25) is 0 Å². The molecule has 0 aliphatic heterocycles. The maximum Gasteiger partial charge on any atom is 0.241 e. The first-order chi connectivity index (χ1) is 13.6. The van der Waals surface area contributed by atoms with Gasteiger partial charge in [-0.1, -0.05) is 12.1 Å². The maximum absolute atomic E-state index is 6.03. The van der Waals surface area contributed by atoms with Crippen molar-refractivity contribution in [1.82, 2.24) is 14.7 Å². The van der Waals surface area contributed by atoms with Crippen LogP contribution in [-0.2, 0) is 0 Å². The van der Waals surface area contributed by atoms with Crippen molar-refractivity contribution in [3.05, 3.63) is 54.7 Å². The number of aromatic nitrogens is 2. The third-order valence-electron chi connectivity index (χ3n) is 4.41. The first-order valence-corrected chi connectivity index (χ1v) is 9.27. The zero-order valence-electron chi connectivity index (χ0n) is 16.9. The summed E-state index contributed by atoms with van der Waals surface area (Å²) in [6, 6.07) is 15.7. The molecular formula is C22H27N3O3. The highest BCUT2D eigenvalue weighted by Crippen LogP contribution is 2.31. The number of hydrogen-bond acceptors (Lipinski definition) is 5. The number of rotatable bonds is 9. The van der Waals surface area contributed by atoms with Crippen LogP contribution in [0.4, 0.5) is 0 Å². The molecular weight excluding hydrogens is 354 g/mol. The number of benzene rings is 2. The summed E-state index contributed by atoms with van der Waals surface area (Å²) in [6.45, 7) is 1.58. The predicted molar refractivity (Wildman–Crippen MR) is 111 cm³/mol. The van der Waals surface area contributed by atoms with Gasteiger partial charge >= 0.3 is 0 Å². The van der Waals surface area contributed by atoms with Gasteiger partial charge in [-0.25, -0.2) is 4.68 Å². The summed E-state index contributed by atoms with van der Waals surface area (Å²) in [6.07, 6.45) is 2.93. The fourth-order valence-corrected chi connectivity index (χ4v) is 2.85. The van der Waals surface area contributed by atoms with Gasteiger partial charge in [-0.2, -0.15) is 0 Å². The van der Waals surface area contributed by atoms with Crippen molar-refractivity contribution in [2.45, 2.75) is 6.42 Å². The van der Waals surface area contributed by atoms with E-state index in [1.807, 2.05) is 59.4 Å². The molecule has 2 aromatic carbocycles. The smallest absolute Gasteiger partial charge is 0.241 e. The van der Waals surface area contributed by atoms with Crippen LogP contribution in [-0.4, -0.2) is 56.1 Å². The molecule has 3 rings (SSSR count). The zero-order valence-corrected chi connectivity index (χ0v) is 16.9. The summed E-state index contributed by atoms with van der Waals surface area (Å²) in [5, 5.41) is 4.68. The summed E-state index contributed by atoms with van der Waals surface area (Å²) in [5.41, 5.74) is 2.92. The number of methoxy groups -OCH3 is 2. The van der Waals surface area contributed by atoms with E-state index in [4.69, 9.17) is 14.2 Å². The highest BCUT2D eigenvalue weighted by atomic mass is 16.5. The van der Waals surface area contributed by atoms with Crippen LogP contribution in [0.25, 0.3) is 16.8 Å². The highest BCUT2D eigenvalue weighted by Gasteiger charge is 2.14. The molecule has 148 valence electrons. The Kier molecular flexibility index (Phi) is 6.55. The van der Waals surface area contributed by atoms with Crippen molar-refractivity contribution >= 4 is 0 Å². The average molecular weight is 381 g/mol. The van der Waals surface area contributed by atoms with Crippen LogP contribution >= 0.6 is 0 Å². The third-order valence-corrected chi connectivity index (χ3v) is 4.41. The van der Waals surface area contributed by atoms with Gasteiger partial charge in [0.25, 0.3) is 0 Å². The Morgan fingerprint density at radius 2 is 1.50 bits per heavy atom. The number of nitrogens with zero attached hydrogens (tertiary/aromatic N) is 3. The van der Waals surface area contributed by atoms with Gasteiger partial charge in [0, 0.05) is 12.7 Å². The third kappa shape index (κ3) is 4.84. The Balaban J connectivity index is 1.88. The summed E-state index contributed by atoms with van der Waals surface area (Å²) in [7, 11) is 7.43. The molecule has 0 bridgehead atoms. The Morgan fingerprint density at radius 1 is 0.893 bits per heavy atom. The van der Waals surface area contributed by atoms with Gasteiger partial charge in [-0.05, 0) is 62.5 Å². The lowest BCUT2D eigenvalue weighted by molar-refractivity contribution is 0.273. The molecule has 1 heterocycles. The summed E-state index contributed by atoms with van der Waals surface area (Å²) >= 11 is 0. The van der Waals surface area contributed by atoms with Gasteiger partial charge in [0.05, 0.1) is 32.1 Å². The summed E-state index contributed by atoms with van der Waals surface area (Å²) in [5.74, 6) is 2.26. The van der Waals surface area contributed by atoms with Crippen molar-refractivity contribution in [2.75, 3.05) is 41.5 Å². The predicted octanol–water partition coefficient (Wildman–Crippen LogP) is 3.89. The topological polar surface area (TPSA) is 48.8 Å². The second-order valence-electron chi connectivity index (χ2n) is 6.72. The van der Waals surface area contributed by atoms with E-state index < -0.39 is 0 Å². The van der Waals surface area contributed by atoms with E-state index in [-0.39, 0.29) is 0 Å². The molecule has 0 aliphatic carbocycles. The van der Waals surface area contributed by atoms with Gasteiger partial charge < -0.3 is 19.1 Å². The van der Waals surface area contributed by atoms with Gasteiger partial charge in [0.2, 0.25) is 5.88 Å². The van der Waals surface area contributed by atoms with E-state index in [2.05, 4.69) is 24.1 Å². The molecule has 0 amide bonds. The van der Waals surface area contributed by atoms with Crippen LogP contribution in [0.2, 0.25) is 0 Å². The number of hydrogen-bond donors (Lipinski definition) is 0. The van der Waals surface area contributed by atoms with Crippen LogP contribution in [0, 0.1) is 0 Å². The molecule has 6 nitrogen and oxygen atoms in total. The molecule has 0 saturated heterocycles. The molecule has 0 spiro atoms. The molecule has 0 saturated carbocycles. The molecule has 3 aromatic rings. The van der Waals surface area contributed by atoms with E-state index >= 15 is 0 Å². The molecule has 0 atom stereocenters. The molecule has 0 N–H and O–H groups in total. The molecule has 6 heteroatoms. The highest BCUT2D eigenvalue weighted by molar-refractivity contribution is 5.69. The summed E-state index contributed by atoms with van der Waals surface area (Å²) < 4.78 is 18.4. The van der Waals surface area contributed by atoms with E-state index in [1.165, 1.54) is 0 Å². The lowest BCUT2D eigenvalue weighted by Crippen LogP contribution is -2.15. The van der Waals surface area contributed by atoms with E-state index in [1.54, 1.807) is 14.2 Å². The van der Waals surface area contributed by atoms with E-state index in [9.17, 15) is 0 Å². The molecule has 0 unspecified atom stereocenters. The van der Waals surface area contributed by atoms with Crippen molar-refractivity contribution < 1.29 is 14.2 Å². The first kappa shape index (κ1) is 19.8. The minimum atomic E-state index is 0.612. The Morgan fingerprint density at radius 3 is 2.07 bits per heavy atom. The second kappa shape index (κ2) is 9.28. The van der Waals surface area contributed by atoms with E-state index in [0.717, 1.165) is 41.3 Å². The van der Waals surface area contributed by atoms with Gasteiger partial charge in [-0.15, -0.1) is 5.10 Å². The molecule has 1 aromatic heterocycles. The minimum absolute atomic E-state index is 0.612. The van der Waals surface area contributed by atoms with Crippen molar-refractivity contribution in [3.63, 3.8) is 0 Å². The number of ether oxygens (including phenoxy) is 3. The minimum Gasteiger partial charge on any atom is -0.497 e. The lowest BCUT2D eigenvalue weighted by atomic mass is 10.1. The fraction of sp³-hybridized carbons (Fsp3) is 0.318. The zero-order chi connectivity index (χ0) is 19.9. The van der Waals surface area contributed by atoms with Crippen molar-refractivity contribution in [3.8, 4) is 34.2 Å². The van der Waals surface area contributed by atoms with Crippen LogP contribution in [0.1, 0.15) is 6.42 Å². The van der Waals surface area contributed by atoms with Crippen LogP contribution in [0.15, 0.2) is 54.7 Å². The lowest BCUT2D eigenvalue weighted by Gasteiger charge is -2.10. The summed E-state index contributed by atoms with van der Waals surface area (Å²) in [4.78, 5) is 2.14. The maximum atomic E-state index is 6.03. The van der Waals surface area contributed by atoms with Crippen LogP contribution < -0.4 is 14.2 Å². The average Bonchev–Trinajstić information content (AvgIpc) is 3.15. The molecule has 28 heavy (non-hydrogen) atoms.